The highest BCUT2D eigenvalue weighted by molar-refractivity contribution is 7.98. The van der Waals surface area contributed by atoms with E-state index in [1.54, 1.807) is 34.9 Å². The number of amides is 1. The summed E-state index contributed by atoms with van der Waals surface area (Å²) in [5.74, 6) is 0.826. The highest BCUT2D eigenvalue weighted by atomic mass is 35.5. The molecule has 1 aromatic heterocycles. The molecule has 5 nitrogen and oxygen atoms in total. The Bertz CT molecular complexity index is 1040. The number of hydrogen-bond acceptors (Lipinski definition) is 4. The normalized spacial score (nSPS) is 11.0. The van der Waals surface area contributed by atoms with Gasteiger partial charge in [0.05, 0.1) is 17.3 Å². The number of unbranched alkanes of at least 4 members (excludes halogenated alkanes) is 3. The average Bonchev–Trinajstić information content (AvgIpc) is 3.19. The zero-order valence-electron chi connectivity index (χ0n) is 17.8. The van der Waals surface area contributed by atoms with Crippen LogP contribution in [-0.2, 0) is 17.1 Å². The number of carbonyl (C=O) groups is 1. The van der Waals surface area contributed by atoms with Crippen molar-refractivity contribution in [2.75, 3.05) is 0 Å². The molecule has 1 N–H and O–H groups in total. The number of benzene rings is 2. The van der Waals surface area contributed by atoms with Crippen molar-refractivity contribution in [3.8, 4) is 5.69 Å². The lowest BCUT2D eigenvalue weighted by molar-refractivity contribution is -0.121. The highest BCUT2D eigenvalue weighted by Crippen LogP contribution is 2.31. The molecule has 0 radical (unpaired) electrons. The lowest BCUT2D eigenvalue weighted by Gasteiger charge is -2.13. The van der Waals surface area contributed by atoms with Gasteiger partial charge in [0.1, 0.15) is 5.82 Å². The molecule has 0 spiro atoms. The van der Waals surface area contributed by atoms with Gasteiger partial charge in [-0.3, -0.25) is 9.36 Å². The van der Waals surface area contributed by atoms with Gasteiger partial charge >= 0.3 is 0 Å². The fourth-order valence-corrected chi connectivity index (χ4v) is 4.40. The molecule has 0 bridgehead atoms. The maximum Gasteiger partial charge on any atom is 0.220 e. The van der Waals surface area contributed by atoms with Crippen LogP contribution in [0, 0.1) is 5.82 Å². The fraction of sp³-hybridized carbons (Fsp3) is 0.348. The number of thioether (sulfide) groups is 1. The van der Waals surface area contributed by atoms with Crippen LogP contribution in [0.2, 0.25) is 10.0 Å². The molecule has 9 heteroatoms. The summed E-state index contributed by atoms with van der Waals surface area (Å²) in [4.78, 5) is 12.2. The van der Waals surface area contributed by atoms with E-state index in [1.165, 1.54) is 23.9 Å². The van der Waals surface area contributed by atoms with Gasteiger partial charge in [-0.1, -0.05) is 73.3 Å². The van der Waals surface area contributed by atoms with Crippen LogP contribution < -0.4 is 5.32 Å². The molecule has 0 saturated carbocycles. The number of halogens is 3. The molecule has 0 atom stereocenters. The molecule has 0 unspecified atom stereocenters. The number of nitrogens with zero attached hydrogens (tertiary/aromatic N) is 3. The van der Waals surface area contributed by atoms with Gasteiger partial charge in [-0.15, -0.1) is 10.2 Å². The van der Waals surface area contributed by atoms with Crippen LogP contribution in [0.4, 0.5) is 4.39 Å². The largest absolute Gasteiger partial charge is 0.349 e. The maximum atomic E-state index is 13.2. The summed E-state index contributed by atoms with van der Waals surface area (Å²) in [7, 11) is 0. The third-order valence-corrected chi connectivity index (χ3v) is 6.39. The zero-order valence-corrected chi connectivity index (χ0v) is 20.1. The lowest BCUT2D eigenvalue weighted by atomic mass is 10.1. The van der Waals surface area contributed by atoms with Crippen molar-refractivity contribution in [3.63, 3.8) is 0 Å². The topological polar surface area (TPSA) is 59.8 Å². The smallest absolute Gasteiger partial charge is 0.220 e. The minimum Gasteiger partial charge on any atom is -0.349 e. The molecule has 3 aromatic rings. The Kier molecular flexibility index (Phi) is 9.38. The number of carbonyl (C=O) groups excluding carboxylic acids is 1. The summed E-state index contributed by atoms with van der Waals surface area (Å²) >= 11 is 14.1. The molecule has 1 amide bonds. The van der Waals surface area contributed by atoms with E-state index in [2.05, 4.69) is 22.4 Å². The van der Waals surface area contributed by atoms with E-state index in [0.717, 1.165) is 31.2 Å². The summed E-state index contributed by atoms with van der Waals surface area (Å²) in [6.45, 7) is 2.36. The number of nitrogens with one attached hydrogen (secondary N) is 1. The first-order valence-electron chi connectivity index (χ1n) is 10.5. The first-order valence-corrected chi connectivity index (χ1v) is 12.3. The van der Waals surface area contributed by atoms with E-state index in [0.29, 0.717) is 38.9 Å². The Morgan fingerprint density at radius 3 is 2.62 bits per heavy atom. The molecule has 0 fully saturated rings. The highest BCUT2D eigenvalue weighted by Gasteiger charge is 2.18. The molecule has 0 aliphatic rings. The van der Waals surface area contributed by atoms with E-state index in [1.807, 2.05) is 0 Å². The third-order valence-electron chi connectivity index (χ3n) is 4.83. The second-order valence-corrected chi connectivity index (χ2v) is 9.12. The van der Waals surface area contributed by atoms with Gasteiger partial charge in [-0.25, -0.2) is 4.39 Å². The van der Waals surface area contributed by atoms with Gasteiger partial charge < -0.3 is 5.32 Å². The molecule has 0 aliphatic carbocycles. The summed E-state index contributed by atoms with van der Waals surface area (Å²) in [6.07, 6.45) is 4.65. The minimum absolute atomic E-state index is 0.0200. The number of aromatic nitrogens is 3. The number of rotatable bonds is 11. The van der Waals surface area contributed by atoms with Crippen molar-refractivity contribution >= 4 is 40.9 Å². The molecular formula is C23H25Cl2FN4OS. The van der Waals surface area contributed by atoms with Crippen molar-refractivity contribution < 1.29 is 9.18 Å². The second kappa shape index (κ2) is 12.2. The van der Waals surface area contributed by atoms with Gasteiger partial charge in [0, 0.05) is 17.2 Å². The van der Waals surface area contributed by atoms with Gasteiger partial charge in [-0.2, -0.15) is 0 Å². The van der Waals surface area contributed by atoms with Crippen molar-refractivity contribution in [2.45, 2.75) is 56.5 Å². The second-order valence-electron chi connectivity index (χ2n) is 7.33. The van der Waals surface area contributed by atoms with Crippen LogP contribution in [0.5, 0.6) is 0 Å². The van der Waals surface area contributed by atoms with Crippen molar-refractivity contribution in [1.82, 2.24) is 20.1 Å². The molecule has 3 rings (SSSR count). The van der Waals surface area contributed by atoms with E-state index in [9.17, 15) is 9.18 Å². The van der Waals surface area contributed by atoms with Crippen LogP contribution in [0.25, 0.3) is 5.69 Å². The Morgan fingerprint density at radius 1 is 1.09 bits per heavy atom. The molecule has 170 valence electrons. The standard InChI is InChI=1S/C23H25Cl2FN4OS/c1-2-3-4-5-6-22(31)27-14-21-28-29-23(32-15-16-7-10-18(26)11-8-16)30(21)20-13-17(24)9-12-19(20)25/h7-13H,2-6,14-15H2,1H3,(H,27,31). The monoisotopic (exact) mass is 494 g/mol. The molecule has 32 heavy (non-hydrogen) atoms. The van der Waals surface area contributed by atoms with E-state index in [-0.39, 0.29) is 18.3 Å². The van der Waals surface area contributed by atoms with Gasteiger partial charge in [0.15, 0.2) is 11.0 Å². The predicted molar refractivity (Wildman–Crippen MR) is 128 cm³/mol. The molecule has 2 aromatic carbocycles. The van der Waals surface area contributed by atoms with Crippen LogP contribution in [0.1, 0.15) is 50.4 Å². The molecule has 0 aliphatic heterocycles. The lowest BCUT2D eigenvalue weighted by Crippen LogP contribution is -2.24. The van der Waals surface area contributed by atoms with Crippen molar-refractivity contribution in [3.05, 3.63) is 69.7 Å². The summed E-state index contributed by atoms with van der Waals surface area (Å²) < 4.78 is 15.0. The summed E-state index contributed by atoms with van der Waals surface area (Å²) in [5, 5.41) is 13.1. The molecular weight excluding hydrogens is 470 g/mol. The zero-order chi connectivity index (χ0) is 22.9. The average molecular weight is 495 g/mol. The van der Waals surface area contributed by atoms with Crippen LogP contribution >= 0.6 is 35.0 Å². The van der Waals surface area contributed by atoms with Crippen molar-refractivity contribution in [1.29, 1.82) is 0 Å². The Labute approximate surface area is 201 Å². The Hall–Kier alpha value is -2.09. The number of hydrogen-bond donors (Lipinski definition) is 1. The van der Waals surface area contributed by atoms with Crippen LogP contribution in [-0.4, -0.2) is 20.7 Å². The SMILES string of the molecule is CCCCCCC(=O)NCc1nnc(SCc2ccc(F)cc2)n1-c1cc(Cl)ccc1Cl. The summed E-state index contributed by atoms with van der Waals surface area (Å²) in [5.41, 5.74) is 1.59. The van der Waals surface area contributed by atoms with E-state index in [4.69, 9.17) is 23.2 Å². The predicted octanol–water partition coefficient (Wildman–Crippen LogP) is 6.59. The van der Waals surface area contributed by atoms with Gasteiger partial charge in [0.25, 0.3) is 0 Å². The Morgan fingerprint density at radius 2 is 1.88 bits per heavy atom. The van der Waals surface area contributed by atoms with E-state index >= 15 is 0 Å². The van der Waals surface area contributed by atoms with Crippen LogP contribution in [0.15, 0.2) is 47.6 Å². The molecule has 1 heterocycles. The fourth-order valence-electron chi connectivity index (χ4n) is 3.11. The van der Waals surface area contributed by atoms with Gasteiger partial charge in [-0.05, 0) is 42.3 Å². The van der Waals surface area contributed by atoms with Crippen molar-refractivity contribution in [2.24, 2.45) is 0 Å². The van der Waals surface area contributed by atoms with Gasteiger partial charge in [0.2, 0.25) is 5.91 Å². The summed E-state index contributed by atoms with van der Waals surface area (Å²) in [6, 6.07) is 11.5. The van der Waals surface area contributed by atoms with E-state index < -0.39 is 0 Å². The first kappa shape index (κ1) is 24.6. The first-order chi connectivity index (χ1) is 15.5. The molecule has 0 saturated heterocycles. The Balaban J connectivity index is 1.78. The minimum atomic E-state index is -0.277. The quantitative estimate of drug-likeness (QED) is 0.241. The van der Waals surface area contributed by atoms with Crippen LogP contribution in [0.3, 0.4) is 0 Å². The third kappa shape index (κ3) is 6.95. The maximum absolute atomic E-state index is 13.2.